The van der Waals surface area contributed by atoms with Gasteiger partial charge >= 0.3 is 0 Å². The zero-order valence-corrected chi connectivity index (χ0v) is 36.1. The van der Waals surface area contributed by atoms with Gasteiger partial charge in [-0.3, -0.25) is 35.0 Å². The van der Waals surface area contributed by atoms with E-state index in [1.807, 2.05) is 37.3 Å². The lowest BCUT2D eigenvalue weighted by molar-refractivity contribution is -0.129. The Hall–Kier alpha value is -5.73. The molecule has 0 aliphatic carbocycles. The maximum atomic E-state index is 14.1. The fourth-order valence-electron chi connectivity index (χ4n) is 9.36. The standard InChI is InChI=1S/C46H58N12O4/c1-4-55(30-47)43(48)37-11-5-12-40(49-37)58-28-36-35(46(58)62)26-41(56-20-6-9-31(56)2)50-38(36)29-52(3)17-8-19-54-23-21-53(22-24-54)18-7-10-32-13-14-34-33(25-32)27-57(45(34)61)39-15-16-42(59)51-44(39)60/h5,11-14,25-26,30-31,39,44,47-48,60H,4,6,8-9,15-24,27-29H2,1-3H3,(H,51,59)/t31-,39?,44?/m1/s1. The van der Waals surface area contributed by atoms with Gasteiger partial charge in [0.2, 0.25) is 5.91 Å². The Labute approximate surface area is 363 Å². The van der Waals surface area contributed by atoms with Crippen molar-refractivity contribution >= 4 is 41.5 Å². The van der Waals surface area contributed by atoms with Crippen molar-refractivity contribution in [2.45, 2.75) is 83.9 Å². The number of nitrogens with zero attached hydrogens (tertiary/aromatic N) is 9. The van der Waals surface area contributed by atoms with Crippen molar-refractivity contribution < 1.29 is 19.5 Å². The highest BCUT2D eigenvalue weighted by molar-refractivity contribution is 6.10. The molecule has 3 amide bonds. The van der Waals surface area contributed by atoms with Gasteiger partial charge in [0, 0.05) is 81.5 Å². The van der Waals surface area contributed by atoms with Crippen LogP contribution in [0, 0.1) is 22.7 Å². The number of anilines is 2. The van der Waals surface area contributed by atoms with Crippen molar-refractivity contribution in [2.24, 2.45) is 0 Å². The van der Waals surface area contributed by atoms with E-state index in [1.54, 1.807) is 21.9 Å². The zero-order chi connectivity index (χ0) is 43.5. The molecule has 0 radical (unpaired) electrons. The topological polar surface area (TPSA) is 180 Å². The Kier molecular flexibility index (Phi) is 13.0. The molecule has 16 nitrogen and oxygen atoms in total. The van der Waals surface area contributed by atoms with Crippen molar-refractivity contribution in [1.82, 2.24) is 39.8 Å². The molecule has 62 heavy (non-hydrogen) atoms. The monoisotopic (exact) mass is 842 g/mol. The summed E-state index contributed by atoms with van der Waals surface area (Å²) in [5.41, 5.74) is 5.32. The van der Waals surface area contributed by atoms with Crippen LogP contribution in [0.4, 0.5) is 11.6 Å². The predicted molar refractivity (Wildman–Crippen MR) is 237 cm³/mol. The minimum absolute atomic E-state index is 0.108. The van der Waals surface area contributed by atoms with Crippen LogP contribution in [0.3, 0.4) is 0 Å². The van der Waals surface area contributed by atoms with Crippen LogP contribution in [0.1, 0.15) is 94.7 Å². The van der Waals surface area contributed by atoms with Crippen molar-refractivity contribution in [3.63, 3.8) is 0 Å². The highest BCUT2D eigenvalue weighted by Gasteiger charge is 2.39. The Morgan fingerprint density at radius 3 is 2.52 bits per heavy atom. The molecule has 8 rings (SSSR count). The number of nitrogens with one attached hydrogen (secondary N) is 3. The first-order valence-electron chi connectivity index (χ1n) is 22.0. The second-order valence-corrected chi connectivity index (χ2v) is 17.1. The number of hydrogen-bond acceptors (Lipinski definition) is 12. The number of fused-ring (bicyclic) bond motifs is 2. The highest BCUT2D eigenvalue weighted by atomic mass is 16.3. The molecule has 0 bridgehead atoms. The number of aromatic nitrogens is 2. The minimum Gasteiger partial charge on any atom is -0.372 e. The lowest BCUT2D eigenvalue weighted by Crippen LogP contribution is -2.55. The lowest BCUT2D eigenvalue weighted by Gasteiger charge is -2.35. The van der Waals surface area contributed by atoms with Crippen LogP contribution in [0.25, 0.3) is 0 Å². The fraction of sp³-hybridized carbons (Fsp3) is 0.500. The SMILES string of the molecule is CCN(C=N)C(=N)c1cccc(N2Cc3c(cc(N4CCC[C@H]4C)nc3CN(C)CCCN3CCN(CC#Cc4ccc5c(c4)CN(C4CCC(=O)NC4O)C5=O)CC3)C2=O)n1. The molecule has 7 heterocycles. The molecule has 3 saturated heterocycles. The molecule has 3 aromatic rings. The number of benzene rings is 1. The van der Waals surface area contributed by atoms with Gasteiger partial charge < -0.3 is 34.9 Å². The average Bonchev–Trinajstić information content (AvgIpc) is 3.95. The number of aliphatic hydroxyl groups is 1. The smallest absolute Gasteiger partial charge is 0.260 e. The summed E-state index contributed by atoms with van der Waals surface area (Å²) in [5.74, 6) is 7.67. The van der Waals surface area contributed by atoms with Gasteiger partial charge in [-0.25, -0.2) is 9.97 Å². The first-order chi connectivity index (χ1) is 30.0. The van der Waals surface area contributed by atoms with E-state index in [0.29, 0.717) is 74.2 Å². The number of aliphatic hydroxyl groups excluding tert-OH is 1. The second kappa shape index (κ2) is 18.7. The largest absolute Gasteiger partial charge is 0.372 e. The highest BCUT2D eigenvalue weighted by Crippen LogP contribution is 2.34. The van der Waals surface area contributed by atoms with Gasteiger partial charge in [-0.1, -0.05) is 17.9 Å². The van der Waals surface area contributed by atoms with Crippen LogP contribution in [0.5, 0.6) is 0 Å². The molecule has 0 spiro atoms. The van der Waals surface area contributed by atoms with E-state index in [1.165, 1.54) is 4.90 Å². The van der Waals surface area contributed by atoms with Gasteiger partial charge in [-0.05, 0) is 102 Å². The second-order valence-electron chi connectivity index (χ2n) is 17.1. The number of piperidine rings is 1. The quantitative estimate of drug-likeness (QED) is 0.113. The summed E-state index contributed by atoms with van der Waals surface area (Å²) in [4.78, 5) is 63.2. The van der Waals surface area contributed by atoms with Crippen LogP contribution in [0.2, 0.25) is 0 Å². The van der Waals surface area contributed by atoms with E-state index < -0.39 is 12.3 Å². The number of rotatable bonds is 13. The molecule has 1 aromatic carbocycles. The van der Waals surface area contributed by atoms with E-state index in [9.17, 15) is 19.5 Å². The number of pyridine rings is 2. The van der Waals surface area contributed by atoms with E-state index in [4.69, 9.17) is 20.8 Å². The number of amides is 3. The van der Waals surface area contributed by atoms with Gasteiger partial charge in [-0.2, -0.15) is 0 Å². The van der Waals surface area contributed by atoms with Gasteiger partial charge in [-0.15, -0.1) is 0 Å². The molecule has 5 aliphatic heterocycles. The Bertz CT molecular complexity index is 2280. The van der Waals surface area contributed by atoms with Crippen molar-refractivity contribution in [3.8, 4) is 11.8 Å². The number of carbonyl (C=O) groups excluding carboxylic acids is 3. The van der Waals surface area contributed by atoms with Crippen LogP contribution >= 0.6 is 0 Å². The maximum absolute atomic E-state index is 14.1. The summed E-state index contributed by atoms with van der Waals surface area (Å²) in [6.45, 7) is 13.3. The molecule has 0 saturated carbocycles. The van der Waals surface area contributed by atoms with Gasteiger partial charge in [0.1, 0.15) is 23.6 Å². The van der Waals surface area contributed by atoms with Crippen molar-refractivity contribution in [1.29, 1.82) is 10.8 Å². The summed E-state index contributed by atoms with van der Waals surface area (Å²) < 4.78 is 0. The van der Waals surface area contributed by atoms with E-state index in [2.05, 4.69) is 50.7 Å². The maximum Gasteiger partial charge on any atom is 0.260 e. The molecule has 326 valence electrons. The minimum atomic E-state index is -1.06. The number of piperazine rings is 1. The molecular weight excluding hydrogens is 785 g/mol. The molecule has 2 aromatic heterocycles. The average molecular weight is 843 g/mol. The van der Waals surface area contributed by atoms with E-state index in [0.717, 1.165) is 99.6 Å². The summed E-state index contributed by atoms with van der Waals surface area (Å²) in [6.07, 6.45) is 4.00. The molecule has 2 unspecified atom stereocenters. The first-order valence-corrected chi connectivity index (χ1v) is 22.0. The molecule has 5 aliphatic rings. The summed E-state index contributed by atoms with van der Waals surface area (Å²) >= 11 is 0. The third-order valence-electron chi connectivity index (χ3n) is 13.0. The number of hydrogen-bond donors (Lipinski definition) is 4. The normalized spacial score (nSPS) is 21.5. The Morgan fingerprint density at radius 2 is 1.77 bits per heavy atom. The molecule has 3 atom stereocenters. The van der Waals surface area contributed by atoms with Crippen molar-refractivity contribution in [2.75, 3.05) is 75.8 Å². The van der Waals surface area contributed by atoms with Gasteiger partial charge in [0.25, 0.3) is 11.8 Å². The fourth-order valence-corrected chi connectivity index (χ4v) is 9.36. The molecular formula is C46H58N12O4. The Morgan fingerprint density at radius 1 is 0.968 bits per heavy atom. The predicted octanol–water partition coefficient (Wildman–Crippen LogP) is 2.92. The lowest BCUT2D eigenvalue weighted by atomic mass is 10.0. The van der Waals surface area contributed by atoms with Gasteiger partial charge in [0.05, 0.1) is 36.7 Å². The summed E-state index contributed by atoms with van der Waals surface area (Å²) in [5, 5.41) is 29.2. The third-order valence-corrected chi connectivity index (χ3v) is 13.0. The molecule has 3 fully saturated rings. The van der Waals surface area contributed by atoms with Gasteiger partial charge in [0.15, 0.2) is 5.84 Å². The van der Waals surface area contributed by atoms with Crippen LogP contribution in [-0.2, 0) is 24.4 Å². The third kappa shape index (κ3) is 9.07. The number of carbonyl (C=O) groups is 3. The number of amidine groups is 1. The summed E-state index contributed by atoms with van der Waals surface area (Å²) in [7, 11) is 2.13. The molecule has 16 heteroatoms. The van der Waals surface area contributed by atoms with E-state index >= 15 is 0 Å². The van der Waals surface area contributed by atoms with E-state index in [-0.39, 0.29) is 23.6 Å². The Balaban J connectivity index is 0.833. The first kappa shape index (κ1) is 42.9. The van der Waals surface area contributed by atoms with Crippen molar-refractivity contribution in [3.05, 3.63) is 81.7 Å². The van der Waals surface area contributed by atoms with Crippen LogP contribution in [-0.4, -0.2) is 154 Å². The van der Waals surface area contributed by atoms with Crippen LogP contribution in [0.15, 0.2) is 42.5 Å². The molecule has 4 N–H and O–H groups in total. The summed E-state index contributed by atoms with van der Waals surface area (Å²) in [6, 6.07) is 12.9. The zero-order valence-electron chi connectivity index (χ0n) is 36.1. The van der Waals surface area contributed by atoms with Crippen LogP contribution < -0.4 is 15.1 Å².